The van der Waals surface area contributed by atoms with E-state index < -0.39 is 11.9 Å². The van der Waals surface area contributed by atoms with E-state index in [0.29, 0.717) is 18.1 Å². The molecule has 0 heterocycles. The van der Waals surface area contributed by atoms with Crippen LogP contribution in [0.1, 0.15) is 13.3 Å². The Bertz CT molecular complexity index is 257. The van der Waals surface area contributed by atoms with Crippen LogP contribution in [0.15, 0.2) is 0 Å². The van der Waals surface area contributed by atoms with Gasteiger partial charge >= 0.3 is 6.03 Å². The molecule has 0 aromatic carbocycles. The number of nitrogens with one attached hydrogen (secondary N) is 1. The molecule has 3 amide bonds. The van der Waals surface area contributed by atoms with Gasteiger partial charge < -0.3 is 11.5 Å². The fourth-order valence-electron chi connectivity index (χ4n) is 1.13. The minimum absolute atomic E-state index is 0.0636. The Labute approximate surface area is 94.0 Å². The Hall–Kier alpha value is -1.21. The van der Waals surface area contributed by atoms with E-state index in [-0.39, 0.29) is 6.54 Å². The monoisotopic (exact) mass is 232 g/mol. The molecule has 0 aliphatic carbocycles. The molecular weight excluding hydrogens is 216 g/mol. The molecule has 0 unspecified atom stereocenters. The van der Waals surface area contributed by atoms with E-state index in [1.807, 2.05) is 12.2 Å². The van der Waals surface area contributed by atoms with Crippen LogP contribution in [0.25, 0.3) is 0 Å². The first-order valence-corrected chi connectivity index (χ1v) is 4.96. The number of carbonyl (C=O) groups is 2. The van der Waals surface area contributed by atoms with Crippen molar-refractivity contribution in [2.45, 2.75) is 13.3 Å². The van der Waals surface area contributed by atoms with Gasteiger partial charge in [-0.1, -0.05) is 19.1 Å². The summed E-state index contributed by atoms with van der Waals surface area (Å²) >= 11 is 4.74. The van der Waals surface area contributed by atoms with E-state index in [1.54, 1.807) is 4.90 Å². The summed E-state index contributed by atoms with van der Waals surface area (Å²) in [6.07, 6.45) is 0.868. The van der Waals surface area contributed by atoms with Gasteiger partial charge in [-0.15, -0.1) is 0 Å². The number of amides is 3. The van der Waals surface area contributed by atoms with E-state index in [2.05, 4.69) is 0 Å². The summed E-state index contributed by atoms with van der Waals surface area (Å²) in [5, 5.41) is 1.98. The molecular formula is C8H16N4O2S. The van der Waals surface area contributed by atoms with Gasteiger partial charge in [-0.2, -0.15) is 0 Å². The molecule has 86 valence electrons. The van der Waals surface area contributed by atoms with Crippen molar-refractivity contribution >= 4 is 29.1 Å². The number of urea groups is 1. The summed E-state index contributed by atoms with van der Waals surface area (Å²) in [5.41, 5.74) is 10.2. The average Bonchev–Trinajstić information content (AvgIpc) is 2.00. The SMILES string of the molecule is CCCN(CC(=O)NC(N)=O)CC(N)=S. The third kappa shape index (κ3) is 7.83. The normalized spacial score (nSPS) is 10.0. The molecule has 0 aromatic rings. The number of hydrogen-bond acceptors (Lipinski definition) is 4. The molecule has 0 bridgehead atoms. The summed E-state index contributed by atoms with van der Waals surface area (Å²) in [6.45, 7) is 3.07. The van der Waals surface area contributed by atoms with Crippen LogP contribution >= 0.6 is 12.2 Å². The predicted octanol–water partition coefficient (Wildman–Crippen LogP) is -0.821. The minimum atomic E-state index is -0.855. The maximum absolute atomic E-state index is 11.2. The molecule has 0 fully saturated rings. The van der Waals surface area contributed by atoms with Gasteiger partial charge in [-0.25, -0.2) is 4.79 Å². The molecule has 15 heavy (non-hydrogen) atoms. The number of primary amides is 1. The molecule has 0 aromatic heterocycles. The van der Waals surface area contributed by atoms with Crippen molar-refractivity contribution in [1.82, 2.24) is 10.2 Å². The van der Waals surface area contributed by atoms with Gasteiger partial charge in [0.2, 0.25) is 5.91 Å². The zero-order chi connectivity index (χ0) is 11.8. The Balaban J connectivity index is 4.08. The number of thiocarbonyl (C=S) groups is 1. The summed E-state index contributed by atoms with van der Waals surface area (Å²) in [5.74, 6) is -0.452. The van der Waals surface area contributed by atoms with Gasteiger partial charge in [0.1, 0.15) is 0 Å². The summed E-state index contributed by atoms with van der Waals surface area (Å²) in [7, 11) is 0. The Morgan fingerprint density at radius 3 is 2.33 bits per heavy atom. The predicted molar refractivity (Wildman–Crippen MR) is 61.2 cm³/mol. The first kappa shape index (κ1) is 13.8. The van der Waals surface area contributed by atoms with Crippen LogP contribution in [0.5, 0.6) is 0 Å². The highest BCUT2D eigenvalue weighted by molar-refractivity contribution is 7.80. The molecule has 0 aliphatic rings. The number of nitrogens with zero attached hydrogens (tertiary/aromatic N) is 1. The van der Waals surface area contributed by atoms with Crippen LogP contribution in [-0.4, -0.2) is 41.5 Å². The first-order chi connectivity index (χ1) is 6.95. The second-order valence-electron chi connectivity index (χ2n) is 3.09. The third-order valence-corrected chi connectivity index (χ3v) is 1.68. The minimum Gasteiger partial charge on any atom is -0.392 e. The van der Waals surface area contributed by atoms with Crippen molar-refractivity contribution in [2.75, 3.05) is 19.6 Å². The fraction of sp³-hybridized carbons (Fsp3) is 0.625. The zero-order valence-electron chi connectivity index (χ0n) is 8.66. The van der Waals surface area contributed by atoms with Gasteiger partial charge in [0.05, 0.1) is 11.5 Å². The number of hydrogen-bond donors (Lipinski definition) is 3. The van der Waals surface area contributed by atoms with E-state index in [9.17, 15) is 9.59 Å². The topological polar surface area (TPSA) is 101 Å². The van der Waals surface area contributed by atoms with Crippen molar-refractivity contribution in [3.05, 3.63) is 0 Å². The quantitative estimate of drug-likeness (QED) is 0.519. The average molecular weight is 232 g/mol. The lowest BCUT2D eigenvalue weighted by atomic mass is 10.4. The Kier molecular flexibility index (Phi) is 6.56. The molecule has 0 rings (SSSR count). The lowest BCUT2D eigenvalue weighted by molar-refractivity contribution is -0.120. The largest absolute Gasteiger partial charge is 0.392 e. The van der Waals surface area contributed by atoms with Crippen LogP contribution in [0.4, 0.5) is 4.79 Å². The maximum atomic E-state index is 11.2. The Morgan fingerprint density at radius 1 is 1.33 bits per heavy atom. The van der Waals surface area contributed by atoms with Gasteiger partial charge in [-0.3, -0.25) is 15.0 Å². The van der Waals surface area contributed by atoms with Crippen LogP contribution in [0.2, 0.25) is 0 Å². The summed E-state index contributed by atoms with van der Waals surface area (Å²) in [6, 6.07) is -0.855. The smallest absolute Gasteiger partial charge is 0.318 e. The first-order valence-electron chi connectivity index (χ1n) is 4.55. The molecule has 0 radical (unpaired) electrons. The lowest BCUT2D eigenvalue weighted by Gasteiger charge is -2.19. The second-order valence-corrected chi connectivity index (χ2v) is 3.61. The fourth-order valence-corrected chi connectivity index (χ4v) is 1.31. The van der Waals surface area contributed by atoms with Crippen LogP contribution in [-0.2, 0) is 4.79 Å². The van der Waals surface area contributed by atoms with Crippen molar-refractivity contribution in [3.63, 3.8) is 0 Å². The van der Waals surface area contributed by atoms with Crippen LogP contribution in [0.3, 0.4) is 0 Å². The third-order valence-electron chi connectivity index (χ3n) is 1.55. The van der Waals surface area contributed by atoms with Gasteiger partial charge in [0, 0.05) is 6.54 Å². The summed E-state index contributed by atoms with van der Waals surface area (Å²) in [4.78, 5) is 23.6. The number of nitrogens with two attached hydrogens (primary N) is 2. The van der Waals surface area contributed by atoms with Gasteiger partial charge in [0.15, 0.2) is 0 Å². The Morgan fingerprint density at radius 2 is 1.93 bits per heavy atom. The van der Waals surface area contributed by atoms with Crippen LogP contribution in [0, 0.1) is 0 Å². The molecule has 6 nitrogen and oxygen atoms in total. The zero-order valence-corrected chi connectivity index (χ0v) is 9.47. The van der Waals surface area contributed by atoms with Crippen LogP contribution < -0.4 is 16.8 Å². The maximum Gasteiger partial charge on any atom is 0.318 e. The van der Waals surface area contributed by atoms with Crippen molar-refractivity contribution in [3.8, 4) is 0 Å². The number of imide groups is 1. The summed E-state index contributed by atoms with van der Waals surface area (Å²) < 4.78 is 0. The van der Waals surface area contributed by atoms with Gasteiger partial charge in [-0.05, 0) is 13.0 Å². The molecule has 0 saturated carbocycles. The van der Waals surface area contributed by atoms with E-state index in [0.717, 1.165) is 6.42 Å². The number of carbonyl (C=O) groups excluding carboxylic acids is 2. The van der Waals surface area contributed by atoms with E-state index in [4.69, 9.17) is 23.7 Å². The van der Waals surface area contributed by atoms with Crippen molar-refractivity contribution in [1.29, 1.82) is 0 Å². The van der Waals surface area contributed by atoms with E-state index >= 15 is 0 Å². The highest BCUT2D eigenvalue weighted by atomic mass is 32.1. The van der Waals surface area contributed by atoms with Gasteiger partial charge in [0.25, 0.3) is 0 Å². The molecule has 0 spiro atoms. The highest BCUT2D eigenvalue weighted by Gasteiger charge is 2.11. The second kappa shape index (κ2) is 7.13. The highest BCUT2D eigenvalue weighted by Crippen LogP contribution is 1.91. The van der Waals surface area contributed by atoms with E-state index in [1.165, 1.54) is 0 Å². The van der Waals surface area contributed by atoms with Crippen molar-refractivity contribution < 1.29 is 9.59 Å². The molecule has 0 saturated heterocycles. The lowest BCUT2D eigenvalue weighted by Crippen LogP contribution is -2.44. The number of rotatable bonds is 6. The molecule has 0 atom stereocenters. The van der Waals surface area contributed by atoms with Crippen molar-refractivity contribution in [2.24, 2.45) is 11.5 Å². The molecule has 7 heteroatoms. The molecule has 5 N–H and O–H groups in total. The standard InChI is InChI=1S/C8H16N4O2S/c1-2-3-12(4-6(9)15)5-7(13)11-8(10)14/h2-5H2,1H3,(H2,9,15)(H3,10,11,13,14). The molecule has 0 aliphatic heterocycles.